The molecule has 14 heavy (non-hydrogen) atoms. The zero-order valence-electron chi connectivity index (χ0n) is 8.54. The summed E-state index contributed by atoms with van der Waals surface area (Å²) in [5.74, 6) is 0.193. The van der Waals surface area contributed by atoms with Crippen LogP contribution in [0.15, 0.2) is 12.3 Å². The number of aromatic amines is 1. The van der Waals surface area contributed by atoms with Crippen molar-refractivity contribution in [3.8, 4) is 0 Å². The van der Waals surface area contributed by atoms with Gasteiger partial charge in [0.1, 0.15) is 5.69 Å². The highest BCUT2D eigenvalue weighted by molar-refractivity contribution is 5.88. The summed E-state index contributed by atoms with van der Waals surface area (Å²) in [4.78, 5) is 14.1. The molecule has 0 radical (unpaired) electrons. The largest absolute Gasteiger partial charge is 0.461 e. The first-order valence-electron chi connectivity index (χ1n) is 4.70. The molecule has 0 saturated carbocycles. The minimum Gasteiger partial charge on any atom is -0.461 e. The summed E-state index contributed by atoms with van der Waals surface area (Å²) < 4.78 is 5.03. The van der Waals surface area contributed by atoms with Crippen LogP contribution in [0.5, 0.6) is 0 Å². The third-order valence-corrected chi connectivity index (χ3v) is 1.85. The van der Waals surface area contributed by atoms with Gasteiger partial charge in [-0.1, -0.05) is 13.8 Å². The molecule has 0 aliphatic heterocycles. The second-order valence-electron chi connectivity index (χ2n) is 3.67. The normalized spacial score (nSPS) is 10.5. The van der Waals surface area contributed by atoms with Gasteiger partial charge in [-0.15, -0.1) is 0 Å². The first kappa shape index (κ1) is 10.6. The van der Waals surface area contributed by atoms with E-state index in [1.807, 2.05) is 0 Å². The molecule has 0 spiro atoms. The van der Waals surface area contributed by atoms with Crippen LogP contribution in [0, 0.1) is 5.92 Å². The lowest BCUT2D eigenvalue weighted by Gasteiger charge is -2.05. The van der Waals surface area contributed by atoms with Crippen LogP contribution in [-0.4, -0.2) is 17.6 Å². The van der Waals surface area contributed by atoms with Crippen molar-refractivity contribution in [1.29, 1.82) is 0 Å². The maximum atomic E-state index is 11.3. The summed E-state index contributed by atoms with van der Waals surface area (Å²) in [6.07, 6.45) is 2.45. The molecule has 0 atom stereocenters. The number of carbonyl (C=O) groups is 1. The minimum atomic E-state index is -0.345. The zero-order chi connectivity index (χ0) is 10.6. The molecule has 4 heteroatoms. The lowest BCUT2D eigenvalue weighted by molar-refractivity contribution is 0.0482. The van der Waals surface area contributed by atoms with Crippen molar-refractivity contribution < 1.29 is 9.53 Å². The van der Waals surface area contributed by atoms with E-state index in [2.05, 4.69) is 18.8 Å². The summed E-state index contributed by atoms with van der Waals surface area (Å²) in [6.45, 7) is 4.62. The predicted octanol–water partition coefficient (Wildman–Crippen LogP) is 1.80. The number of ether oxygens (including phenoxy) is 1. The molecule has 1 aromatic heterocycles. The van der Waals surface area contributed by atoms with Crippen LogP contribution in [0.2, 0.25) is 0 Å². The Bertz CT molecular complexity index is 305. The van der Waals surface area contributed by atoms with Gasteiger partial charge in [0.05, 0.1) is 12.3 Å². The topological polar surface area (TPSA) is 68.1 Å². The Balaban J connectivity index is 2.36. The van der Waals surface area contributed by atoms with E-state index in [0.717, 1.165) is 6.42 Å². The summed E-state index contributed by atoms with van der Waals surface area (Å²) >= 11 is 0. The van der Waals surface area contributed by atoms with Crippen molar-refractivity contribution in [3.05, 3.63) is 18.0 Å². The molecule has 0 amide bonds. The van der Waals surface area contributed by atoms with Gasteiger partial charge >= 0.3 is 5.97 Å². The molecule has 3 N–H and O–H groups in total. The SMILES string of the molecule is CC(C)CCOC(=O)c1cc(N)c[nH]1. The number of nitrogens with one attached hydrogen (secondary N) is 1. The Kier molecular flexibility index (Phi) is 3.56. The van der Waals surface area contributed by atoms with Gasteiger partial charge in [-0.25, -0.2) is 4.79 Å². The Morgan fingerprint density at radius 2 is 2.36 bits per heavy atom. The molecule has 0 aliphatic carbocycles. The van der Waals surface area contributed by atoms with E-state index in [-0.39, 0.29) is 5.97 Å². The maximum Gasteiger partial charge on any atom is 0.354 e. The van der Waals surface area contributed by atoms with Crippen molar-refractivity contribution in [2.45, 2.75) is 20.3 Å². The fourth-order valence-corrected chi connectivity index (χ4v) is 0.994. The number of anilines is 1. The fraction of sp³-hybridized carbons (Fsp3) is 0.500. The smallest absolute Gasteiger partial charge is 0.354 e. The second-order valence-corrected chi connectivity index (χ2v) is 3.67. The monoisotopic (exact) mass is 196 g/mol. The van der Waals surface area contributed by atoms with Crippen molar-refractivity contribution >= 4 is 11.7 Å². The Morgan fingerprint density at radius 3 is 2.86 bits per heavy atom. The molecule has 78 valence electrons. The lowest BCUT2D eigenvalue weighted by Crippen LogP contribution is -2.08. The average molecular weight is 196 g/mol. The Hall–Kier alpha value is -1.45. The number of hydrogen-bond donors (Lipinski definition) is 2. The van der Waals surface area contributed by atoms with E-state index in [9.17, 15) is 4.79 Å². The van der Waals surface area contributed by atoms with Crippen LogP contribution >= 0.6 is 0 Å². The van der Waals surface area contributed by atoms with Gasteiger partial charge in [-0.3, -0.25) is 0 Å². The van der Waals surface area contributed by atoms with Gasteiger partial charge in [0.25, 0.3) is 0 Å². The zero-order valence-corrected chi connectivity index (χ0v) is 8.54. The molecule has 4 nitrogen and oxygen atoms in total. The molecule has 0 unspecified atom stereocenters. The number of aromatic nitrogens is 1. The van der Waals surface area contributed by atoms with Crippen LogP contribution in [0.1, 0.15) is 30.8 Å². The van der Waals surface area contributed by atoms with Crippen LogP contribution in [0.4, 0.5) is 5.69 Å². The first-order chi connectivity index (χ1) is 6.59. The van der Waals surface area contributed by atoms with Crippen molar-refractivity contribution in [1.82, 2.24) is 4.98 Å². The highest BCUT2D eigenvalue weighted by Gasteiger charge is 2.08. The number of carbonyl (C=O) groups excluding carboxylic acids is 1. The fourth-order valence-electron chi connectivity index (χ4n) is 0.994. The first-order valence-corrected chi connectivity index (χ1v) is 4.70. The standard InChI is InChI=1S/C10H16N2O2/c1-7(2)3-4-14-10(13)9-5-8(11)6-12-9/h5-7,12H,3-4,11H2,1-2H3. The Morgan fingerprint density at radius 1 is 1.64 bits per heavy atom. The van der Waals surface area contributed by atoms with Gasteiger partial charge in [-0.05, 0) is 18.4 Å². The van der Waals surface area contributed by atoms with Crippen LogP contribution in [0.3, 0.4) is 0 Å². The van der Waals surface area contributed by atoms with Gasteiger partial charge in [-0.2, -0.15) is 0 Å². The van der Waals surface area contributed by atoms with Crippen LogP contribution in [0.25, 0.3) is 0 Å². The molecule has 1 aromatic rings. The number of nitrogen functional groups attached to an aromatic ring is 1. The molecule has 0 aliphatic rings. The van der Waals surface area contributed by atoms with Gasteiger partial charge < -0.3 is 15.5 Å². The summed E-state index contributed by atoms with van der Waals surface area (Å²) in [6, 6.07) is 1.57. The van der Waals surface area contributed by atoms with E-state index in [1.165, 1.54) is 0 Å². The molecular formula is C10H16N2O2. The van der Waals surface area contributed by atoms with Gasteiger partial charge in [0, 0.05) is 6.20 Å². The molecule has 0 aromatic carbocycles. The van der Waals surface area contributed by atoms with E-state index in [1.54, 1.807) is 12.3 Å². The Labute approximate surface area is 83.4 Å². The molecule has 1 rings (SSSR count). The number of rotatable bonds is 4. The van der Waals surface area contributed by atoms with Gasteiger partial charge in [0.2, 0.25) is 0 Å². The molecular weight excluding hydrogens is 180 g/mol. The third-order valence-electron chi connectivity index (χ3n) is 1.85. The van der Waals surface area contributed by atoms with Gasteiger partial charge in [0.15, 0.2) is 0 Å². The highest BCUT2D eigenvalue weighted by Crippen LogP contribution is 2.07. The quantitative estimate of drug-likeness (QED) is 0.721. The van der Waals surface area contributed by atoms with Crippen molar-refractivity contribution in [3.63, 3.8) is 0 Å². The van der Waals surface area contributed by atoms with Crippen LogP contribution < -0.4 is 5.73 Å². The highest BCUT2D eigenvalue weighted by atomic mass is 16.5. The lowest BCUT2D eigenvalue weighted by atomic mass is 10.1. The number of hydrogen-bond acceptors (Lipinski definition) is 3. The summed E-state index contributed by atoms with van der Waals surface area (Å²) in [7, 11) is 0. The van der Waals surface area contributed by atoms with Crippen LogP contribution in [-0.2, 0) is 4.74 Å². The number of H-pyrrole nitrogens is 1. The molecule has 0 fully saturated rings. The van der Waals surface area contributed by atoms with E-state index >= 15 is 0 Å². The maximum absolute atomic E-state index is 11.3. The van der Waals surface area contributed by atoms with E-state index in [0.29, 0.717) is 23.9 Å². The van der Waals surface area contributed by atoms with Crippen molar-refractivity contribution in [2.24, 2.45) is 5.92 Å². The minimum absolute atomic E-state index is 0.345. The summed E-state index contributed by atoms with van der Waals surface area (Å²) in [5.41, 5.74) is 6.41. The van der Waals surface area contributed by atoms with Crippen molar-refractivity contribution in [2.75, 3.05) is 12.3 Å². The number of nitrogens with two attached hydrogens (primary N) is 1. The number of esters is 1. The molecule has 1 heterocycles. The van der Waals surface area contributed by atoms with E-state index in [4.69, 9.17) is 10.5 Å². The average Bonchev–Trinajstić information content (AvgIpc) is 2.51. The second kappa shape index (κ2) is 4.69. The molecule has 0 bridgehead atoms. The third kappa shape index (κ3) is 3.12. The summed E-state index contributed by atoms with van der Waals surface area (Å²) in [5, 5.41) is 0. The predicted molar refractivity (Wildman–Crippen MR) is 54.9 cm³/mol. The molecule has 0 saturated heterocycles. The van der Waals surface area contributed by atoms with E-state index < -0.39 is 0 Å².